The van der Waals surface area contributed by atoms with Crippen LogP contribution in [0.3, 0.4) is 0 Å². The minimum absolute atomic E-state index is 0.0160. The Morgan fingerprint density at radius 2 is 1.87 bits per heavy atom. The summed E-state index contributed by atoms with van der Waals surface area (Å²) in [6.07, 6.45) is 4.17. The Balaban J connectivity index is 1.57. The first-order chi connectivity index (χ1) is 18.2. The van der Waals surface area contributed by atoms with Gasteiger partial charge in [0.15, 0.2) is 17.2 Å². The van der Waals surface area contributed by atoms with Gasteiger partial charge in [-0.2, -0.15) is 0 Å². The number of ketones is 1. The number of allylic oxidation sites excluding steroid dienone is 1. The first-order valence-electron chi connectivity index (χ1n) is 12.0. The fourth-order valence-electron chi connectivity index (χ4n) is 4.54. The Morgan fingerprint density at radius 1 is 1.11 bits per heavy atom. The van der Waals surface area contributed by atoms with E-state index in [2.05, 4.69) is 5.32 Å². The van der Waals surface area contributed by atoms with E-state index < -0.39 is 41.0 Å². The molecular formula is C28H23F2N3O5. The van der Waals surface area contributed by atoms with E-state index in [4.69, 9.17) is 4.74 Å². The van der Waals surface area contributed by atoms with Gasteiger partial charge in [0, 0.05) is 37.0 Å². The summed E-state index contributed by atoms with van der Waals surface area (Å²) in [5.41, 5.74) is -0.603. The van der Waals surface area contributed by atoms with Crippen molar-refractivity contribution in [2.45, 2.75) is 32.2 Å². The second-order valence-electron chi connectivity index (χ2n) is 9.12. The van der Waals surface area contributed by atoms with Crippen LogP contribution in [0.5, 0.6) is 5.75 Å². The number of nitrogens with one attached hydrogen (secondary N) is 1. The summed E-state index contributed by atoms with van der Waals surface area (Å²) >= 11 is 0. The molecule has 5 rings (SSSR count). The zero-order valence-electron chi connectivity index (χ0n) is 20.3. The molecule has 0 aliphatic carbocycles. The second-order valence-corrected chi connectivity index (χ2v) is 9.12. The molecule has 0 spiro atoms. The monoisotopic (exact) mass is 519 g/mol. The molecule has 2 aromatic carbocycles. The van der Waals surface area contributed by atoms with Gasteiger partial charge in [-0.3, -0.25) is 19.2 Å². The first-order valence-corrected chi connectivity index (χ1v) is 12.0. The summed E-state index contributed by atoms with van der Waals surface area (Å²) in [5.74, 6) is -3.63. The number of hydrogen-bond acceptors (Lipinski definition) is 5. The predicted octanol–water partition coefficient (Wildman–Crippen LogP) is 3.16. The number of fused-ring (bicyclic) bond motifs is 4. The predicted molar refractivity (Wildman–Crippen MR) is 133 cm³/mol. The van der Waals surface area contributed by atoms with Gasteiger partial charge < -0.3 is 19.5 Å². The molecule has 2 unspecified atom stereocenters. The molecule has 38 heavy (non-hydrogen) atoms. The molecule has 0 fully saturated rings. The van der Waals surface area contributed by atoms with Crippen LogP contribution >= 0.6 is 0 Å². The molecule has 0 saturated carbocycles. The average molecular weight is 520 g/mol. The maximum absolute atomic E-state index is 14.1. The van der Waals surface area contributed by atoms with Gasteiger partial charge in [-0.05, 0) is 24.6 Å². The Hall–Kier alpha value is -4.60. The molecule has 3 heterocycles. The molecule has 2 bridgehead atoms. The third kappa shape index (κ3) is 4.60. The van der Waals surface area contributed by atoms with E-state index in [0.29, 0.717) is 6.07 Å². The zero-order chi connectivity index (χ0) is 27.0. The van der Waals surface area contributed by atoms with Gasteiger partial charge in [0.1, 0.15) is 29.8 Å². The molecular weight excluding hydrogens is 496 g/mol. The fraction of sp³-hybridized carbons (Fsp3) is 0.214. The van der Waals surface area contributed by atoms with E-state index in [1.807, 2.05) is 6.07 Å². The zero-order valence-corrected chi connectivity index (χ0v) is 20.3. The van der Waals surface area contributed by atoms with E-state index in [1.165, 1.54) is 27.8 Å². The lowest BCUT2D eigenvalue weighted by Gasteiger charge is -2.36. The van der Waals surface area contributed by atoms with Crippen LogP contribution in [0, 0.1) is 11.6 Å². The summed E-state index contributed by atoms with van der Waals surface area (Å²) in [6.45, 7) is 1.44. The molecule has 2 amide bonds. The molecule has 1 aromatic heterocycles. The number of carbonyl (C=O) groups excluding carboxylic acids is 3. The van der Waals surface area contributed by atoms with Crippen LogP contribution in [0.2, 0.25) is 0 Å². The largest absolute Gasteiger partial charge is 0.483 e. The van der Waals surface area contributed by atoms with Crippen molar-refractivity contribution in [2.75, 3.05) is 6.54 Å². The summed E-state index contributed by atoms with van der Waals surface area (Å²) in [4.78, 5) is 54.6. The molecule has 3 aromatic rings. The van der Waals surface area contributed by atoms with Gasteiger partial charge in [0.05, 0.1) is 0 Å². The Labute approximate surface area is 216 Å². The molecule has 2 aliphatic rings. The number of halogens is 2. The maximum Gasteiger partial charge on any atom is 0.275 e. The van der Waals surface area contributed by atoms with Gasteiger partial charge >= 0.3 is 0 Å². The number of amides is 2. The third-order valence-electron chi connectivity index (χ3n) is 6.65. The number of carbonyl (C=O) groups is 3. The summed E-state index contributed by atoms with van der Waals surface area (Å²) in [7, 11) is 0. The summed E-state index contributed by atoms with van der Waals surface area (Å²) in [5, 5.41) is 2.46. The molecule has 194 valence electrons. The van der Waals surface area contributed by atoms with E-state index in [1.54, 1.807) is 37.3 Å². The fourth-order valence-corrected chi connectivity index (χ4v) is 4.54. The number of rotatable bonds is 6. The molecule has 2 atom stereocenters. The van der Waals surface area contributed by atoms with Crippen molar-refractivity contribution in [1.29, 1.82) is 0 Å². The number of nitrogens with zero attached hydrogens (tertiary/aromatic N) is 2. The lowest BCUT2D eigenvalue weighted by Crippen LogP contribution is -2.49. The number of benzene rings is 2. The average Bonchev–Trinajstić information content (AvgIpc) is 3.03. The first kappa shape index (κ1) is 25.1. The lowest BCUT2D eigenvalue weighted by molar-refractivity contribution is -0.118. The smallest absolute Gasteiger partial charge is 0.275 e. The van der Waals surface area contributed by atoms with Crippen molar-refractivity contribution in [2.24, 2.45) is 0 Å². The van der Waals surface area contributed by atoms with Crippen LogP contribution in [-0.2, 0) is 17.9 Å². The van der Waals surface area contributed by atoms with Crippen LogP contribution in [0.1, 0.15) is 44.9 Å². The van der Waals surface area contributed by atoms with Crippen LogP contribution < -0.4 is 15.5 Å². The van der Waals surface area contributed by atoms with Crippen LogP contribution in [0.15, 0.2) is 71.7 Å². The highest BCUT2D eigenvalue weighted by atomic mass is 19.1. The standard InChI is InChI=1S/C28H23F2N3O5/c1-16-7-10-23(34)22-14-32(16)28(37)24-26(38-15-17-5-3-2-4-6-17)25(35)20(13-33(22)24)27(36)31-12-18-8-9-19(29)11-21(18)30/h2-11,13,16,22H,12,14-15H2,1H3,(H,31,36). The van der Waals surface area contributed by atoms with Crippen molar-refractivity contribution in [3.05, 3.63) is 111 Å². The Morgan fingerprint density at radius 3 is 2.61 bits per heavy atom. The highest BCUT2D eigenvalue weighted by Crippen LogP contribution is 2.31. The van der Waals surface area contributed by atoms with Crippen molar-refractivity contribution >= 4 is 17.6 Å². The molecule has 0 saturated heterocycles. The minimum atomic E-state index is -0.871. The van der Waals surface area contributed by atoms with Crippen molar-refractivity contribution in [3.63, 3.8) is 0 Å². The molecule has 2 aliphatic heterocycles. The summed E-state index contributed by atoms with van der Waals surface area (Å²) in [6, 6.07) is 10.6. The summed E-state index contributed by atoms with van der Waals surface area (Å²) < 4.78 is 34.5. The Bertz CT molecular complexity index is 1530. The SMILES string of the molecule is CC1C=CC(=O)C2CN1C(=O)c1c(OCc3ccccc3)c(=O)c(C(=O)NCc3ccc(F)cc3F)cn12. The number of hydrogen-bond donors (Lipinski definition) is 1. The second kappa shape index (κ2) is 10.0. The van der Waals surface area contributed by atoms with Gasteiger partial charge in [-0.1, -0.05) is 42.5 Å². The number of ether oxygens (including phenoxy) is 1. The van der Waals surface area contributed by atoms with Crippen LogP contribution in [0.25, 0.3) is 0 Å². The maximum atomic E-state index is 14.1. The van der Waals surface area contributed by atoms with Crippen molar-refractivity contribution < 1.29 is 27.9 Å². The number of pyridine rings is 1. The van der Waals surface area contributed by atoms with E-state index in [9.17, 15) is 28.0 Å². The van der Waals surface area contributed by atoms with Gasteiger partial charge in [-0.15, -0.1) is 0 Å². The Kier molecular flexibility index (Phi) is 6.62. The number of aromatic nitrogens is 1. The van der Waals surface area contributed by atoms with Crippen LogP contribution in [-0.4, -0.2) is 39.7 Å². The lowest BCUT2D eigenvalue weighted by atomic mass is 10.0. The highest BCUT2D eigenvalue weighted by molar-refractivity contribution is 6.03. The van der Waals surface area contributed by atoms with Gasteiger partial charge in [0.25, 0.3) is 11.8 Å². The minimum Gasteiger partial charge on any atom is -0.483 e. The van der Waals surface area contributed by atoms with E-state index in [0.717, 1.165) is 11.6 Å². The molecule has 0 radical (unpaired) electrons. The van der Waals surface area contributed by atoms with Crippen LogP contribution in [0.4, 0.5) is 8.78 Å². The van der Waals surface area contributed by atoms with Gasteiger partial charge in [0.2, 0.25) is 5.43 Å². The quantitative estimate of drug-likeness (QED) is 0.540. The normalized spacial score (nSPS) is 18.1. The van der Waals surface area contributed by atoms with Crippen molar-refractivity contribution in [1.82, 2.24) is 14.8 Å². The van der Waals surface area contributed by atoms with E-state index >= 15 is 0 Å². The van der Waals surface area contributed by atoms with Crippen molar-refractivity contribution in [3.8, 4) is 5.75 Å². The van der Waals surface area contributed by atoms with Gasteiger partial charge in [-0.25, -0.2) is 8.78 Å². The van der Waals surface area contributed by atoms with E-state index in [-0.39, 0.29) is 48.0 Å². The molecule has 10 heteroatoms. The topological polar surface area (TPSA) is 97.7 Å². The highest BCUT2D eigenvalue weighted by Gasteiger charge is 2.41. The third-order valence-corrected chi connectivity index (χ3v) is 6.65. The molecule has 8 nitrogen and oxygen atoms in total. The molecule has 1 N–H and O–H groups in total.